The zero-order valence-electron chi connectivity index (χ0n) is 13.7. The van der Waals surface area contributed by atoms with Crippen molar-refractivity contribution < 1.29 is 13.6 Å². The highest BCUT2D eigenvalue weighted by Gasteiger charge is 2.13. The van der Waals surface area contributed by atoms with Crippen LogP contribution in [0.15, 0.2) is 59.5 Å². The molecule has 138 valence electrons. The minimum atomic E-state index is -0.903. The molecule has 27 heavy (non-hydrogen) atoms. The number of benzene rings is 2. The standard InChI is InChI=1S/C19H12Cl2F2N2O2/c20-14-2-1-3-15(21)13(14)10-25-9-11(4-7-18(25)26)19(27)24-17-6-5-12(22)8-16(17)23/h1-9H,10H2,(H,24,27). The predicted octanol–water partition coefficient (Wildman–Crippen LogP) is 4.73. The number of carbonyl (C=O) groups excluding carboxylic acids is 1. The highest BCUT2D eigenvalue weighted by molar-refractivity contribution is 6.35. The Hall–Kier alpha value is -2.70. The molecule has 3 rings (SSSR count). The molecule has 1 heterocycles. The van der Waals surface area contributed by atoms with Crippen molar-refractivity contribution in [3.8, 4) is 0 Å². The van der Waals surface area contributed by atoms with Gasteiger partial charge in [-0.3, -0.25) is 9.59 Å². The monoisotopic (exact) mass is 408 g/mol. The van der Waals surface area contributed by atoms with Gasteiger partial charge in [0, 0.05) is 33.9 Å². The maximum atomic E-state index is 13.7. The summed E-state index contributed by atoms with van der Waals surface area (Å²) in [6.07, 6.45) is 1.32. The second-order valence-electron chi connectivity index (χ2n) is 5.66. The number of nitrogens with zero attached hydrogens (tertiary/aromatic N) is 1. The number of pyridine rings is 1. The van der Waals surface area contributed by atoms with Crippen molar-refractivity contribution in [1.82, 2.24) is 4.57 Å². The SMILES string of the molecule is O=C(Nc1ccc(F)cc1F)c1ccc(=O)n(Cc2c(Cl)cccc2Cl)c1. The van der Waals surface area contributed by atoms with Crippen molar-refractivity contribution in [2.75, 3.05) is 5.32 Å². The molecule has 0 saturated carbocycles. The third kappa shape index (κ3) is 4.35. The number of amides is 1. The van der Waals surface area contributed by atoms with Gasteiger partial charge >= 0.3 is 0 Å². The molecule has 0 aliphatic carbocycles. The topological polar surface area (TPSA) is 51.1 Å². The van der Waals surface area contributed by atoms with E-state index in [0.29, 0.717) is 21.7 Å². The van der Waals surface area contributed by atoms with Crippen molar-refractivity contribution in [2.45, 2.75) is 6.54 Å². The van der Waals surface area contributed by atoms with E-state index in [-0.39, 0.29) is 23.4 Å². The fraction of sp³-hybridized carbons (Fsp3) is 0.0526. The van der Waals surface area contributed by atoms with Crippen LogP contribution in [0.1, 0.15) is 15.9 Å². The number of rotatable bonds is 4. The van der Waals surface area contributed by atoms with Gasteiger partial charge in [-0.2, -0.15) is 0 Å². The van der Waals surface area contributed by atoms with Crippen LogP contribution < -0.4 is 10.9 Å². The molecular formula is C19H12Cl2F2N2O2. The summed E-state index contributed by atoms with van der Waals surface area (Å²) in [6, 6.07) is 10.3. The van der Waals surface area contributed by atoms with Crippen molar-refractivity contribution in [1.29, 1.82) is 0 Å². The van der Waals surface area contributed by atoms with Crippen LogP contribution in [-0.4, -0.2) is 10.5 Å². The molecule has 4 nitrogen and oxygen atoms in total. The molecule has 0 spiro atoms. The van der Waals surface area contributed by atoms with E-state index >= 15 is 0 Å². The Balaban J connectivity index is 1.88. The molecule has 8 heteroatoms. The average molecular weight is 409 g/mol. The predicted molar refractivity (Wildman–Crippen MR) is 101 cm³/mol. The highest BCUT2D eigenvalue weighted by atomic mass is 35.5. The summed E-state index contributed by atoms with van der Waals surface area (Å²) in [5.74, 6) is -2.31. The number of nitrogens with one attached hydrogen (secondary N) is 1. The number of aromatic nitrogens is 1. The van der Waals surface area contributed by atoms with Gasteiger partial charge in [-0.25, -0.2) is 8.78 Å². The second-order valence-corrected chi connectivity index (χ2v) is 6.48. The highest BCUT2D eigenvalue weighted by Crippen LogP contribution is 2.25. The molecule has 0 bridgehead atoms. The second kappa shape index (κ2) is 7.90. The Morgan fingerprint density at radius 2 is 1.74 bits per heavy atom. The fourth-order valence-electron chi connectivity index (χ4n) is 2.43. The van der Waals surface area contributed by atoms with Crippen LogP contribution in [0.4, 0.5) is 14.5 Å². The lowest BCUT2D eigenvalue weighted by molar-refractivity contribution is 0.102. The van der Waals surface area contributed by atoms with Crippen molar-refractivity contribution >= 4 is 34.8 Å². The van der Waals surface area contributed by atoms with Crippen LogP contribution in [0.5, 0.6) is 0 Å². The maximum absolute atomic E-state index is 13.7. The van der Waals surface area contributed by atoms with Gasteiger partial charge in [-0.15, -0.1) is 0 Å². The first-order chi connectivity index (χ1) is 12.8. The van der Waals surface area contributed by atoms with Crippen LogP contribution in [-0.2, 0) is 6.54 Å². The number of carbonyl (C=O) groups is 1. The quantitative estimate of drug-likeness (QED) is 0.677. The zero-order valence-corrected chi connectivity index (χ0v) is 15.2. The summed E-state index contributed by atoms with van der Waals surface area (Å²) in [4.78, 5) is 24.5. The van der Waals surface area contributed by atoms with Gasteiger partial charge < -0.3 is 9.88 Å². The Labute approximate surface area is 163 Å². The molecule has 0 fully saturated rings. The fourth-order valence-corrected chi connectivity index (χ4v) is 2.95. The maximum Gasteiger partial charge on any atom is 0.257 e. The van der Waals surface area contributed by atoms with Crippen LogP contribution in [0.25, 0.3) is 0 Å². The minimum Gasteiger partial charge on any atom is -0.319 e. The van der Waals surface area contributed by atoms with Gasteiger partial charge in [-0.05, 0) is 30.3 Å². The Kier molecular flexibility index (Phi) is 5.58. The van der Waals surface area contributed by atoms with Crippen LogP contribution in [0.3, 0.4) is 0 Å². The average Bonchev–Trinajstić information content (AvgIpc) is 2.62. The zero-order chi connectivity index (χ0) is 19.6. The molecule has 1 amide bonds. The van der Waals surface area contributed by atoms with Gasteiger partial charge in [0.2, 0.25) is 0 Å². The lowest BCUT2D eigenvalue weighted by atomic mass is 10.2. The van der Waals surface area contributed by atoms with Crippen molar-refractivity contribution in [3.63, 3.8) is 0 Å². The van der Waals surface area contributed by atoms with E-state index in [0.717, 1.165) is 12.1 Å². The third-order valence-electron chi connectivity index (χ3n) is 3.82. The Bertz CT molecular complexity index is 1060. The molecule has 1 aromatic heterocycles. The first-order valence-electron chi connectivity index (χ1n) is 7.75. The van der Waals surface area contributed by atoms with Crippen LogP contribution >= 0.6 is 23.2 Å². The molecule has 0 radical (unpaired) electrons. The molecular weight excluding hydrogens is 397 g/mol. The molecule has 2 aromatic carbocycles. The number of hydrogen-bond acceptors (Lipinski definition) is 2. The molecule has 3 aromatic rings. The lowest BCUT2D eigenvalue weighted by Gasteiger charge is -2.11. The smallest absolute Gasteiger partial charge is 0.257 e. The largest absolute Gasteiger partial charge is 0.319 e. The molecule has 0 aliphatic heterocycles. The van der Waals surface area contributed by atoms with E-state index in [2.05, 4.69) is 5.32 Å². The summed E-state index contributed by atoms with van der Waals surface area (Å²) in [7, 11) is 0. The van der Waals surface area contributed by atoms with E-state index in [1.165, 1.54) is 22.9 Å². The molecule has 1 N–H and O–H groups in total. The summed E-state index contributed by atoms with van der Waals surface area (Å²) < 4.78 is 27.9. The van der Waals surface area contributed by atoms with E-state index in [1.54, 1.807) is 18.2 Å². The first kappa shape index (κ1) is 19.1. The van der Waals surface area contributed by atoms with Gasteiger partial charge in [0.25, 0.3) is 11.5 Å². The Morgan fingerprint density at radius 3 is 2.41 bits per heavy atom. The first-order valence-corrected chi connectivity index (χ1v) is 8.50. The number of hydrogen-bond donors (Lipinski definition) is 1. The molecule has 0 aliphatic rings. The van der Waals surface area contributed by atoms with Crippen molar-refractivity contribution in [3.05, 3.63) is 97.9 Å². The molecule has 0 atom stereocenters. The van der Waals surface area contributed by atoms with E-state index in [1.807, 2.05) is 0 Å². The summed E-state index contributed by atoms with van der Waals surface area (Å²) in [5, 5.41) is 3.11. The summed E-state index contributed by atoms with van der Waals surface area (Å²) in [5.41, 5.74) is 0.107. The minimum absolute atomic E-state index is 0.0589. The van der Waals surface area contributed by atoms with E-state index in [9.17, 15) is 18.4 Å². The number of halogens is 4. The van der Waals surface area contributed by atoms with Gasteiger partial charge in [0.15, 0.2) is 0 Å². The van der Waals surface area contributed by atoms with Crippen molar-refractivity contribution in [2.24, 2.45) is 0 Å². The lowest BCUT2D eigenvalue weighted by Crippen LogP contribution is -2.23. The molecule has 0 unspecified atom stereocenters. The summed E-state index contributed by atoms with van der Waals surface area (Å²) >= 11 is 12.2. The normalized spacial score (nSPS) is 10.7. The van der Waals surface area contributed by atoms with Crippen LogP contribution in [0, 0.1) is 11.6 Å². The van der Waals surface area contributed by atoms with Gasteiger partial charge in [-0.1, -0.05) is 29.3 Å². The third-order valence-corrected chi connectivity index (χ3v) is 4.52. The summed E-state index contributed by atoms with van der Waals surface area (Å²) in [6.45, 7) is 0.0589. The van der Waals surface area contributed by atoms with Crippen LogP contribution in [0.2, 0.25) is 10.0 Å². The van der Waals surface area contributed by atoms with Gasteiger partial charge in [0.1, 0.15) is 11.6 Å². The Morgan fingerprint density at radius 1 is 1.04 bits per heavy atom. The molecule has 0 saturated heterocycles. The van der Waals surface area contributed by atoms with E-state index in [4.69, 9.17) is 23.2 Å². The number of anilines is 1. The van der Waals surface area contributed by atoms with Gasteiger partial charge in [0.05, 0.1) is 17.8 Å². The van der Waals surface area contributed by atoms with E-state index < -0.39 is 17.5 Å².